The first-order valence-corrected chi connectivity index (χ1v) is 25.0. The van der Waals surface area contributed by atoms with Crippen molar-refractivity contribution in [2.45, 2.75) is 264 Å². The molecule has 0 aliphatic rings. The summed E-state index contributed by atoms with van der Waals surface area (Å²) in [5.74, 6) is -0.889. The number of carbonyl (C=O) groups is 3. The number of esters is 3. The molecule has 1 atom stereocenters. The van der Waals surface area contributed by atoms with E-state index >= 15 is 0 Å². The molecule has 1 unspecified atom stereocenters. The molecule has 6 nitrogen and oxygen atoms in total. The van der Waals surface area contributed by atoms with Gasteiger partial charge >= 0.3 is 17.9 Å². The number of carbonyl (C=O) groups excluding carboxylic acids is 3. The van der Waals surface area contributed by atoms with Gasteiger partial charge < -0.3 is 14.2 Å². The van der Waals surface area contributed by atoms with Crippen molar-refractivity contribution in [3.8, 4) is 0 Å². The van der Waals surface area contributed by atoms with Crippen LogP contribution in [0.25, 0.3) is 0 Å². The fourth-order valence-corrected chi connectivity index (χ4v) is 7.16. The van der Waals surface area contributed by atoms with E-state index in [1.807, 2.05) is 0 Å². The Morgan fingerprint density at radius 3 is 1.05 bits per heavy atom. The maximum atomic E-state index is 12.8. The molecule has 0 heterocycles. The van der Waals surface area contributed by atoms with Gasteiger partial charge in [-0.3, -0.25) is 14.4 Å². The zero-order valence-electron chi connectivity index (χ0n) is 38.6. The van der Waals surface area contributed by atoms with Gasteiger partial charge in [-0.05, 0) is 51.4 Å². The van der Waals surface area contributed by atoms with Crippen LogP contribution in [0.15, 0.2) is 36.5 Å². The van der Waals surface area contributed by atoms with Crippen LogP contribution in [0.1, 0.15) is 258 Å². The summed E-state index contributed by atoms with van der Waals surface area (Å²) in [4.78, 5) is 37.9. The van der Waals surface area contributed by atoms with Crippen molar-refractivity contribution < 1.29 is 28.6 Å². The van der Waals surface area contributed by atoms with E-state index in [1.54, 1.807) is 0 Å². The van der Waals surface area contributed by atoms with Gasteiger partial charge in [0.2, 0.25) is 0 Å². The van der Waals surface area contributed by atoms with E-state index in [-0.39, 0.29) is 31.1 Å². The van der Waals surface area contributed by atoms with Crippen LogP contribution in [0.2, 0.25) is 0 Å². The summed E-state index contributed by atoms with van der Waals surface area (Å²) in [6.07, 6.45) is 54.1. The van der Waals surface area contributed by atoms with Crippen molar-refractivity contribution in [3.05, 3.63) is 36.5 Å². The summed E-state index contributed by atoms with van der Waals surface area (Å²) >= 11 is 0. The van der Waals surface area contributed by atoms with E-state index in [1.165, 1.54) is 128 Å². The van der Waals surface area contributed by atoms with Crippen LogP contribution < -0.4 is 0 Å². The predicted octanol–water partition coefficient (Wildman–Crippen LogP) is 16.1. The lowest BCUT2D eigenvalue weighted by molar-refractivity contribution is -0.167. The summed E-state index contributed by atoms with van der Waals surface area (Å²) in [7, 11) is 0. The zero-order valence-corrected chi connectivity index (χ0v) is 38.6. The third-order valence-corrected chi connectivity index (χ3v) is 10.9. The number of ether oxygens (including phenoxy) is 3. The minimum atomic E-state index is -0.775. The summed E-state index contributed by atoms with van der Waals surface area (Å²) < 4.78 is 16.8. The van der Waals surface area contributed by atoms with Crippen LogP contribution in [0.5, 0.6) is 0 Å². The molecule has 0 radical (unpaired) electrons. The van der Waals surface area contributed by atoms with Crippen LogP contribution in [0.3, 0.4) is 0 Å². The number of unbranched alkanes of at least 4 members (excludes halogenated alkanes) is 28. The second-order valence-corrected chi connectivity index (χ2v) is 16.7. The lowest BCUT2D eigenvalue weighted by atomic mass is 10.0. The molecular formula is C52H94O6. The van der Waals surface area contributed by atoms with E-state index in [9.17, 15) is 14.4 Å². The third-order valence-electron chi connectivity index (χ3n) is 10.9. The molecule has 58 heavy (non-hydrogen) atoms. The Labute approximate surface area is 359 Å². The van der Waals surface area contributed by atoms with Gasteiger partial charge in [-0.15, -0.1) is 0 Å². The molecule has 0 spiro atoms. The number of rotatable bonds is 45. The first-order chi connectivity index (χ1) is 28.5. The van der Waals surface area contributed by atoms with Gasteiger partial charge in [0.25, 0.3) is 0 Å². The minimum absolute atomic E-state index is 0.0753. The van der Waals surface area contributed by atoms with Crippen molar-refractivity contribution >= 4 is 17.9 Å². The SMILES string of the molecule is CC/C=C\C/C=C\C/C=C\CCCCCCC(=O)OCC(COC(=O)CCCCCCCCCCCCCCC)OC(=O)CCCCCCCCCCCCCCC. The van der Waals surface area contributed by atoms with Crippen LogP contribution >= 0.6 is 0 Å². The second kappa shape index (κ2) is 47.3. The summed E-state index contributed by atoms with van der Waals surface area (Å²) in [5.41, 5.74) is 0. The van der Waals surface area contributed by atoms with Crippen molar-refractivity contribution in [2.75, 3.05) is 13.2 Å². The van der Waals surface area contributed by atoms with Crippen LogP contribution in [0.4, 0.5) is 0 Å². The van der Waals surface area contributed by atoms with Gasteiger partial charge in [0, 0.05) is 19.3 Å². The van der Waals surface area contributed by atoms with Gasteiger partial charge in [0.1, 0.15) is 13.2 Å². The average molecular weight is 815 g/mol. The Bertz CT molecular complexity index is 984. The molecule has 0 bridgehead atoms. The molecule has 6 heteroatoms. The highest BCUT2D eigenvalue weighted by Crippen LogP contribution is 2.16. The Kier molecular flexibility index (Phi) is 45.4. The van der Waals surface area contributed by atoms with E-state index < -0.39 is 6.10 Å². The van der Waals surface area contributed by atoms with Crippen LogP contribution in [-0.4, -0.2) is 37.2 Å². The molecule has 0 saturated heterocycles. The summed E-state index contributed by atoms with van der Waals surface area (Å²) in [6, 6.07) is 0. The number of hydrogen-bond acceptors (Lipinski definition) is 6. The second-order valence-electron chi connectivity index (χ2n) is 16.7. The Hall–Kier alpha value is -2.37. The Morgan fingerprint density at radius 1 is 0.362 bits per heavy atom. The Morgan fingerprint density at radius 2 is 0.672 bits per heavy atom. The highest BCUT2D eigenvalue weighted by molar-refractivity contribution is 5.71. The van der Waals surface area contributed by atoms with E-state index in [0.717, 1.165) is 89.9 Å². The average Bonchev–Trinajstić information content (AvgIpc) is 3.22. The monoisotopic (exact) mass is 815 g/mol. The van der Waals surface area contributed by atoms with Crippen LogP contribution in [-0.2, 0) is 28.6 Å². The molecule has 0 rings (SSSR count). The van der Waals surface area contributed by atoms with Gasteiger partial charge in [-0.1, -0.05) is 224 Å². The molecule has 0 aromatic rings. The van der Waals surface area contributed by atoms with Crippen molar-refractivity contribution in [1.82, 2.24) is 0 Å². The van der Waals surface area contributed by atoms with E-state index in [0.29, 0.717) is 19.3 Å². The molecule has 0 aromatic heterocycles. The Balaban J connectivity index is 4.38. The van der Waals surface area contributed by atoms with Crippen molar-refractivity contribution in [1.29, 1.82) is 0 Å². The first-order valence-electron chi connectivity index (χ1n) is 25.0. The molecule has 0 aliphatic carbocycles. The van der Waals surface area contributed by atoms with Crippen molar-refractivity contribution in [3.63, 3.8) is 0 Å². The lowest BCUT2D eigenvalue weighted by Gasteiger charge is -2.18. The van der Waals surface area contributed by atoms with Gasteiger partial charge in [-0.25, -0.2) is 0 Å². The summed E-state index contributed by atoms with van der Waals surface area (Å²) in [5, 5.41) is 0. The predicted molar refractivity (Wildman–Crippen MR) is 247 cm³/mol. The van der Waals surface area contributed by atoms with Gasteiger partial charge in [-0.2, -0.15) is 0 Å². The quantitative estimate of drug-likeness (QED) is 0.0264. The topological polar surface area (TPSA) is 78.9 Å². The molecule has 0 saturated carbocycles. The number of allylic oxidation sites excluding steroid dienone is 6. The molecule has 0 N–H and O–H groups in total. The smallest absolute Gasteiger partial charge is 0.306 e. The van der Waals surface area contributed by atoms with Crippen LogP contribution in [0, 0.1) is 0 Å². The molecule has 0 aliphatic heterocycles. The lowest BCUT2D eigenvalue weighted by Crippen LogP contribution is -2.30. The fraction of sp³-hybridized carbons (Fsp3) is 0.827. The largest absolute Gasteiger partial charge is 0.462 e. The normalized spacial score (nSPS) is 12.3. The van der Waals surface area contributed by atoms with E-state index in [2.05, 4.69) is 57.2 Å². The third kappa shape index (κ3) is 44.7. The zero-order chi connectivity index (χ0) is 42.3. The van der Waals surface area contributed by atoms with E-state index in [4.69, 9.17) is 14.2 Å². The minimum Gasteiger partial charge on any atom is -0.462 e. The standard InChI is InChI=1S/C52H94O6/c1-4-7-10-13-16-19-22-25-28-30-33-36-39-42-45-51(54)57-48-49(58-52(55)46-43-40-37-34-31-27-24-21-18-15-12-9-6-3)47-56-50(53)44-41-38-35-32-29-26-23-20-17-14-11-8-5-2/h7,10,16,19,25,28,49H,4-6,8-9,11-15,17-18,20-24,26-27,29-48H2,1-3H3/b10-7-,19-16-,28-25-. The fourth-order valence-electron chi connectivity index (χ4n) is 7.16. The molecule has 0 amide bonds. The number of hydrogen-bond donors (Lipinski definition) is 0. The van der Waals surface area contributed by atoms with Gasteiger partial charge in [0.15, 0.2) is 6.10 Å². The maximum absolute atomic E-state index is 12.8. The molecule has 0 aromatic carbocycles. The summed E-state index contributed by atoms with van der Waals surface area (Å²) in [6.45, 7) is 6.52. The molecule has 0 fully saturated rings. The maximum Gasteiger partial charge on any atom is 0.306 e. The molecular weight excluding hydrogens is 721 g/mol. The molecule has 338 valence electrons. The van der Waals surface area contributed by atoms with Gasteiger partial charge in [0.05, 0.1) is 0 Å². The highest BCUT2D eigenvalue weighted by atomic mass is 16.6. The highest BCUT2D eigenvalue weighted by Gasteiger charge is 2.19. The van der Waals surface area contributed by atoms with Crippen molar-refractivity contribution in [2.24, 2.45) is 0 Å². The first kappa shape index (κ1) is 55.6.